The zero-order valence-corrected chi connectivity index (χ0v) is 8.71. The van der Waals surface area contributed by atoms with E-state index in [1.54, 1.807) is 13.1 Å². The van der Waals surface area contributed by atoms with E-state index in [-0.39, 0.29) is 17.5 Å². The molecule has 0 aliphatic rings. The first kappa shape index (κ1) is 11.2. The van der Waals surface area contributed by atoms with Gasteiger partial charge in [0, 0.05) is 25.0 Å². The van der Waals surface area contributed by atoms with E-state index in [4.69, 9.17) is 5.11 Å². The maximum absolute atomic E-state index is 11.6. The molecule has 0 bridgehead atoms. The lowest BCUT2D eigenvalue weighted by Gasteiger charge is -2.11. The highest BCUT2D eigenvalue weighted by molar-refractivity contribution is 7.89. The molecular weight excluding hydrogens is 204 g/mol. The summed E-state index contributed by atoms with van der Waals surface area (Å²) in [5.74, 6) is 0. The van der Waals surface area contributed by atoms with E-state index in [0.717, 1.165) is 0 Å². The predicted molar refractivity (Wildman–Crippen MR) is 52.3 cm³/mol. The van der Waals surface area contributed by atoms with Crippen molar-refractivity contribution in [2.75, 3.05) is 6.61 Å². The van der Waals surface area contributed by atoms with E-state index in [0.29, 0.717) is 6.42 Å². The third-order valence-electron chi connectivity index (χ3n) is 1.80. The summed E-state index contributed by atoms with van der Waals surface area (Å²) < 4.78 is 25.6. The molecule has 6 heteroatoms. The first-order chi connectivity index (χ1) is 6.56. The van der Waals surface area contributed by atoms with Crippen LogP contribution in [0, 0.1) is 0 Å². The van der Waals surface area contributed by atoms with Crippen molar-refractivity contribution in [3.8, 4) is 0 Å². The molecule has 1 rings (SSSR count). The van der Waals surface area contributed by atoms with Gasteiger partial charge in [0.15, 0.2) is 0 Å². The highest BCUT2D eigenvalue weighted by atomic mass is 32.2. The lowest BCUT2D eigenvalue weighted by atomic mass is 10.3. The zero-order valence-electron chi connectivity index (χ0n) is 7.90. The lowest BCUT2D eigenvalue weighted by Crippen LogP contribution is -2.32. The molecule has 0 amide bonds. The van der Waals surface area contributed by atoms with E-state index >= 15 is 0 Å². The molecule has 1 unspecified atom stereocenters. The van der Waals surface area contributed by atoms with Gasteiger partial charge in [0.2, 0.25) is 10.0 Å². The van der Waals surface area contributed by atoms with Crippen LogP contribution >= 0.6 is 0 Å². The zero-order chi connectivity index (χ0) is 10.6. The third-order valence-corrected chi connectivity index (χ3v) is 3.39. The molecule has 1 aromatic rings. The van der Waals surface area contributed by atoms with Gasteiger partial charge >= 0.3 is 0 Å². The number of H-pyrrole nitrogens is 1. The fourth-order valence-electron chi connectivity index (χ4n) is 1.06. The molecule has 0 radical (unpaired) electrons. The van der Waals surface area contributed by atoms with Crippen LogP contribution in [0.5, 0.6) is 0 Å². The summed E-state index contributed by atoms with van der Waals surface area (Å²) in [6.07, 6.45) is 3.36. The molecule has 0 aliphatic carbocycles. The van der Waals surface area contributed by atoms with Crippen molar-refractivity contribution in [1.29, 1.82) is 0 Å². The average molecular weight is 218 g/mol. The molecule has 80 valence electrons. The summed E-state index contributed by atoms with van der Waals surface area (Å²) in [4.78, 5) is 2.88. The maximum atomic E-state index is 11.6. The van der Waals surface area contributed by atoms with Crippen molar-refractivity contribution in [2.24, 2.45) is 0 Å². The Morgan fingerprint density at radius 3 is 2.86 bits per heavy atom. The molecule has 1 atom stereocenters. The number of aliphatic hydroxyl groups is 1. The van der Waals surface area contributed by atoms with E-state index in [1.165, 1.54) is 12.3 Å². The molecule has 0 saturated carbocycles. The molecule has 0 fully saturated rings. The van der Waals surface area contributed by atoms with E-state index < -0.39 is 10.0 Å². The van der Waals surface area contributed by atoms with Gasteiger partial charge in [-0.1, -0.05) is 0 Å². The first-order valence-corrected chi connectivity index (χ1v) is 5.80. The van der Waals surface area contributed by atoms with E-state index in [9.17, 15) is 8.42 Å². The molecule has 1 heterocycles. The number of aromatic nitrogens is 1. The van der Waals surface area contributed by atoms with Gasteiger partial charge in [0.25, 0.3) is 0 Å². The van der Waals surface area contributed by atoms with Crippen molar-refractivity contribution >= 4 is 10.0 Å². The Hall–Kier alpha value is -0.850. The molecule has 5 nitrogen and oxygen atoms in total. The molecule has 0 aromatic carbocycles. The minimum absolute atomic E-state index is 0.0309. The fourth-order valence-corrected chi connectivity index (χ4v) is 2.32. The normalized spacial score (nSPS) is 14.1. The van der Waals surface area contributed by atoms with Crippen LogP contribution in [0.1, 0.15) is 13.3 Å². The van der Waals surface area contributed by atoms with Crippen LogP contribution in [-0.2, 0) is 10.0 Å². The topological polar surface area (TPSA) is 82.2 Å². The summed E-state index contributed by atoms with van der Waals surface area (Å²) >= 11 is 0. The highest BCUT2D eigenvalue weighted by Crippen LogP contribution is 2.07. The molecule has 0 aliphatic heterocycles. The standard InChI is InChI=1S/C8H14N2O3S/c1-7(3-5-11)10-14(12,13)8-2-4-9-6-8/h2,4,6-7,9-11H,3,5H2,1H3. The van der Waals surface area contributed by atoms with Crippen molar-refractivity contribution < 1.29 is 13.5 Å². The number of aromatic amines is 1. The van der Waals surface area contributed by atoms with Crippen molar-refractivity contribution in [2.45, 2.75) is 24.3 Å². The molecule has 0 saturated heterocycles. The number of aliphatic hydroxyl groups excluding tert-OH is 1. The summed E-state index contributed by atoms with van der Waals surface area (Å²) in [5.41, 5.74) is 0. The summed E-state index contributed by atoms with van der Waals surface area (Å²) in [6.45, 7) is 1.68. The van der Waals surface area contributed by atoms with Gasteiger partial charge in [0.1, 0.15) is 0 Å². The smallest absolute Gasteiger partial charge is 0.242 e. The summed E-state index contributed by atoms with van der Waals surface area (Å²) in [5, 5.41) is 8.62. The Kier molecular flexibility index (Phi) is 3.68. The molecular formula is C8H14N2O3S. The molecule has 3 N–H and O–H groups in total. The highest BCUT2D eigenvalue weighted by Gasteiger charge is 2.16. The number of hydrogen-bond acceptors (Lipinski definition) is 3. The lowest BCUT2D eigenvalue weighted by molar-refractivity contribution is 0.275. The van der Waals surface area contributed by atoms with Crippen LogP contribution in [0.2, 0.25) is 0 Å². The van der Waals surface area contributed by atoms with Gasteiger partial charge in [-0.25, -0.2) is 13.1 Å². The second kappa shape index (κ2) is 4.59. The second-order valence-electron chi connectivity index (χ2n) is 3.08. The molecule has 14 heavy (non-hydrogen) atoms. The Morgan fingerprint density at radius 1 is 1.64 bits per heavy atom. The van der Waals surface area contributed by atoms with E-state index in [1.807, 2.05) is 0 Å². The van der Waals surface area contributed by atoms with Gasteiger partial charge in [0.05, 0.1) is 4.90 Å². The van der Waals surface area contributed by atoms with Crippen LogP contribution in [0.25, 0.3) is 0 Å². The van der Waals surface area contributed by atoms with Crippen molar-refractivity contribution in [3.05, 3.63) is 18.5 Å². The number of nitrogens with one attached hydrogen (secondary N) is 2. The average Bonchev–Trinajstić information content (AvgIpc) is 2.54. The minimum atomic E-state index is -3.43. The monoisotopic (exact) mass is 218 g/mol. The number of hydrogen-bond donors (Lipinski definition) is 3. The SMILES string of the molecule is CC(CCO)NS(=O)(=O)c1cc[nH]c1. The third kappa shape index (κ3) is 2.83. The van der Waals surface area contributed by atoms with Crippen LogP contribution in [0.3, 0.4) is 0 Å². The van der Waals surface area contributed by atoms with Gasteiger partial charge < -0.3 is 10.1 Å². The minimum Gasteiger partial charge on any atom is -0.396 e. The fraction of sp³-hybridized carbons (Fsp3) is 0.500. The number of sulfonamides is 1. The quantitative estimate of drug-likeness (QED) is 0.653. The Bertz CT molecular complexity index is 358. The van der Waals surface area contributed by atoms with E-state index in [2.05, 4.69) is 9.71 Å². The van der Waals surface area contributed by atoms with Crippen LogP contribution in [0.15, 0.2) is 23.4 Å². The van der Waals surface area contributed by atoms with Gasteiger partial charge in [-0.2, -0.15) is 0 Å². The van der Waals surface area contributed by atoms with Crippen LogP contribution < -0.4 is 4.72 Å². The Morgan fingerprint density at radius 2 is 2.36 bits per heavy atom. The number of rotatable bonds is 5. The van der Waals surface area contributed by atoms with Crippen molar-refractivity contribution in [1.82, 2.24) is 9.71 Å². The van der Waals surface area contributed by atoms with Crippen molar-refractivity contribution in [3.63, 3.8) is 0 Å². The van der Waals surface area contributed by atoms with Crippen LogP contribution in [-0.4, -0.2) is 31.2 Å². The first-order valence-electron chi connectivity index (χ1n) is 4.32. The Labute approximate surface area is 83.2 Å². The van der Waals surface area contributed by atoms with Gasteiger partial charge in [-0.15, -0.1) is 0 Å². The van der Waals surface area contributed by atoms with Gasteiger partial charge in [-0.3, -0.25) is 0 Å². The summed E-state index contributed by atoms with van der Waals surface area (Å²) in [7, 11) is -3.43. The van der Waals surface area contributed by atoms with Crippen LogP contribution in [0.4, 0.5) is 0 Å². The predicted octanol–water partition coefficient (Wildman–Crippen LogP) is 0.0639. The Balaban J connectivity index is 2.68. The summed E-state index contributed by atoms with van der Waals surface area (Å²) in [6, 6.07) is 1.22. The molecule has 1 aromatic heterocycles. The van der Waals surface area contributed by atoms with Gasteiger partial charge in [-0.05, 0) is 19.4 Å². The molecule has 0 spiro atoms. The maximum Gasteiger partial charge on any atom is 0.242 e. The second-order valence-corrected chi connectivity index (χ2v) is 4.80. The largest absolute Gasteiger partial charge is 0.396 e.